The fourth-order valence-corrected chi connectivity index (χ4v) is 1.89. The van der Waals surface area contributed by atoms with Crippen molar-refractivity contribution in [3.63, 3.8) is 0 Å². The lowest BCUT2D eigenvalue weighted by Crippen LogP contribution is -2.11. The lowest BCUT2D eigenvalue weighted by molar-refractivity contribution is 0.158. The van der Waals surface area contributed by atoms with Gasteiger partial charge in [-0.25, -0.2) is 0 Å². The van der Waals surface area contributed by atoms with Gasteiger partial charge in [0.1, 0.15) is 5.75 Å². The Hall–Kier alpha value is -1.02. The highest BCUT2D eigenvalue weighted by molar-refractivity contribution is 5.28. The van der Waals surface area contributed by atoms with E-state index in [4.69, 9.17) is 4.74 Å². The van der Waals surface area contributed by atoms with E-state index in [0.29, 0.717) is 0 Å². The maximum Gasteiger partial charge on any atom is 0.119 e. The highest BCUT2D eigenvalue weighted by Gasteiger charge is 2.24. The number of ether oxygens (including phenoxy) is 1. The Labute approximate surface area is 90.9 Å². The summed E-state index contributed by atoms with van der Waals surface area (Å²) < 4.78 is 5.15. The molecule has 2 rings (SSSR count). The normalized spacial score (nSPS) is 17.5. The average molecular weight is 206 g/mol. The van der Waals surface area contributed by atoms with Crippen molar-refractivity contribution in [3.05, 3.63) is 29.8 Å². The first kappa shape index (κ1) is 10.5. The van der Waals surface area contributed by atoms with Crippen molar-refractivity contribution in [2.45, 2.75) is 31.8 Å². The topological polar surface area (TPSA) is 29.5 Å². The predicted molar refractivity (Wildman–Crippen MR) is 60.0 cm³/mol. The third-order valence-corrected chi connectivity index (χ3v) is 2.91. The fraction of sp³-hybridized carbons (Fsp3) is 0.538. The monoisotopic (exact) mass is 206 g/mol. The second kappa shape index (κ2) is 4.67. The molecule has 1 N–H and O–H groups in total. The molecule has 1 fully saturated rings. The highest BCUT2D eigenvalue weighted by Crippen LogP contribution is 2.34. The predicted octanol–water partition coefficient (Wildman–Crippen LogP) is 2.40. The maximum absolute atomic E-state index is 9.84. The Balaban J connectivity index is 1.90. The standard InChI is InChI=1S/C13H18O2/c1-15-13-4-2-3-11(9-13)8-12(14)7-10-5-6-10/h2-4,9-10,12,14H,5-8H2,1H3. The van der Waals surface area contributed by atoms with Crippen LogP contribution in [0.1, 0.15) is 24.8 Å². The highest BCUT2D eigenvalue weighted by atomic mass is 16.5. The first-order chi connectivity index (χ1) is 7.28. The van der Waals surface area contributed by atoms with E-state index in [0.717, 1.165) is 30.1 Å². The first-order valence-corrected chi connectivity index (χ1v) is 5.59. The molecule has 15 heavy (non-hydrogen) atoms. The molecule has 0 bridgehead atoms. The van der Waals surface area contributed by atoms with Gasteiger partial charge < -0.3 is 9.84 Å². The van der Waals surface area contributed by atoms with Gasteiger partial charge in [-0.2, -0.15) is 0 Å². The number of methoxy groups -OCH3 is 1. The van der Waals surface area contributed by atoms with Gasteiger partial charge >= 0.3 is 0 Å². The van der Waals surface area contributed by atoms with Crippen LogP contribution in [0.4, 0.5) is 0 Å². The van der Waals surface area contributed by atoms with Gasteiger partial charge in [0.25, 0.3) is 0 Å². The molecule has 1 aliphatic carbocycles. The minimum atomic E-state index is -0.190. The van der Waals surface area contributed by atoms with Crippen molar-refractivity contribution >= 4 is 0 Å². The number of benzene rings is 1. The minimum Gasteiger partial charge on any atom is -0.497 e. The molecule has 0 radical (unpaired) electrons. The number of hydrogen-bond acceptors (Lipinski definition) is 2. The van der Waals surface area contributed by atoms with Gasteiger partial charge in [0.15, 0.2) is 0 Å². The van der Waals surface area contributed by atoms with Crippen LogP contribution in [0, 0.1) is 5.92 Å². The molecule has 0 aromatic heterocycles. The van der Waals surface area contributed by atoms with Gasteiger partial charge in [0.05, 0.1) is 13.2 Å². The summed E-state index contributed by atoms with van der Waals surface area (Å²) in [7, 11) is 1.67. The Morgan fingerprint density at radius 2 is 2.27 bits per heavy atom. The molecule has 0 heterocycles. The molecular formula is C13H18O2. The molecular weight excluding hydrogens is 188 g/mol. The SMILES string of the molecule is COc1cccc(CC(O)CC2CC2)c1. The molecule has 0 amide bonds. The Morgan fingerprint density at radius 3 is 2.93 bits per heavy atom. The van der Waals surface area contributed by atoms with Crippen LogP contribution in [-0.2, 0) is 6.42 Å². The van der Waals surface area contributed by atoms with Crippen LogP contribution in [0.3, 0.4) is 0 Å². The van der Waals surface area contributed by atoms with Gasteiger partial charge in [-0.1, -0.05) is 25.0 Å². The van der Waals surface area contributed by atoms with Crippen molar-refractivity contribution in [1.82, 2.24) is 0 Å². The first-order valence-electron chi connectivity index (χ1n) is 5.59. The Morgan fingerprint density at radius 1 is 1.47 bits per heavy atom. The molecule has 2 heteroatoms. The zero-order valence-corrected chi connectivity index (χ0v) is 9.15. The van der Waals surface area contributed by atoms with E-state index in [1.165, 1.54) is 12.8 Å². The van der Waals surface area contributed by atoms with Crippen LogP contribution in [0.5, 0.6) is 5.75 Å². The van der Waals surface area contributed by atoms with Crippen LogP contribution in [0.2, 0.25) is 0 Å². The zero-order valence-electron chi connectivity index (χ0n) is 9.15. The molecule has 1 atom stereocenters. The van der Waals surface area contributed by atoms with Crippen LogP contribution in [0.15, 0.2) is 24.3 Å². The summed E-state index contributed by atoms with van der Waals surface area (Å²) in [6.07, 6.45) is 4.11. The van der Waals surface area contributed by atoms with Crippen molar-refractivity contribution < 1.29 is 9.84 Å². The number of aliphatic hydroxyl groups excluding tert-OH is 1. The number of aliphatic hydroxyl groups is 1. The van der Waals surface area contributed by atoms with E-state index in [-0.39, 0.29) is 6.10 Å². The summed E-state index contributed by atoms with van der Waals surface area (Å²) in [4.78, 5) is 0. The van der Waals surface area contributed by atoms with E-state index >= 15 is 0 Å². The van der Waals surface area contributed by atoms with Gasteiger partial charge in [-0.15, -0.1) is 0 Å². The molecule has 0 saturated heterocycles. The number of rotatable bonds is 5. The summed E-state index contributed by atoms with van der Waals surface area (Å²) in [6.45, 7) is 0. The van der Waals surface area contributed by atoms with Crippen molar-refractivity contribution in [2.24, 2.45) is 5.92 Å². The molecule has 0 spiro atoms. The third-order valence-electron chi connectivity index (χ3n) is 2.91. The van der Waals surface area contributed by atoms with Gasteiger partial charge in [-0.3, -0.25) is 0 Å². The zero-order chi connectivity index (χ0) is 10.7. The van der Waals surface area contributed by atoms with E-state index in [1.54, 1.807) is 7.11 Å². The molecule has 1 saturated carbocycles. The van der Waals surface area contributed by atoms with Gasteiger partial charge in [0.2, 0.25) is 0 Å². The Kier molecular flexibility index (Phi) is 3.27. The molecule has 82 valence electrons. The minimum absolute atomic E-state index is 0.190. The molecule has 2 nitrogen and oxygen atoms in total. The van der Waals surface area contributed by atoms with Gasteiger partial charge in [0, 0.05) is 0 Å². The molecule has 1 aromatic rings. The van der Waals surface area contributed by atoms with Crippen LogP contribution in [0.25, 0.3) is 0 Å². The van der Waals surface area contributed by atoms with Crippen LogP contribution < -0.4 is 4.74 Å². The van der Waals surface area contributed by atoms with Crippen molar-refractivity contribution in [1.29, 1.82) is 0 Å². The summed E-state index contributed by atoms with van der Waals surface area (Å²) in [5.74, 6) is 1.65. The quantitative estimate of drug-likeness (QED) is 0.801. The summed E-state index contributed by atoms with van der Waals surface area (Å²) in [5, 5.41) is 9.84. The molecule has 1 aromatic carbocycles. The average Bonchev–Trinajstić information content (AvgIpc) is 3.02. The molecule has 1 unspecified atom stereocenters. The van der Waals surface area contributed by atoms with Crippen molar-refractivity contribution in [2.75, 3.05) is 7.11 Å². The van der Waals surface area contributed by atoms with E-state index in [9.17, 15) is 5.11 Å². The van der Waals surface area contributed by atoms with Crippen molar-refractivity contribution in [3.8, 4) is 5.75 Å². The summed E-state index contributed by atoms with van der Waals surface area (Å²) in [5.41, 5.74) is 1.16. The lowest BCUT2D eigenvalue weighted by atomic mass is 10.0. The summed E-state index contributed by atoms with van der Waals surface area (Å²) in [6, 6.07) is 7.93. The fourth-order valence-electron chi connectivity index (χ4n) is 1.89. The summed E-state index contributed by atoms with van der Waals surface area (Å²) >= 11 is 0. The van der Waals surface area contributed by atoms with E-state index in [2.05, 4.69) is 0 Å². The number of hydrogen-bond donors (Lipinski definition) is 1. The largest absolute Gasteiger partial charge is 0.497 e. The second-order valence-electron chi connectivity index (χ2n) is 4.39. The van der Waals surface area contributed by atoms with Gasteiger partial charge in [-0.05, 0) is 36.5 Å². The molecule has 0 aliphatic heterocycles. The van der Waals surface area contributed by atoms with E-state index in [1.807, 2.05) is 24.3 Å². The van der Waals surface area contributed by atoms with Crippen LogP contribution >= 0.6 is 0 Å². The Bertz CT molecular complexity index is 318. The molecule has 1 aliphatic rings. The third kappa shape index (κ3) is 3.24. The van der Waals surface area contributed by atoms with E-state index < -0.39 is 0 Å². The maximum atomic E-state index is 9.84. The second-order valence-corrected chi connectivity index (χ2v) is 4.39. The smallest absolute Gasteiger partial charge is 0.119 e. The lowest BCUT2D eigenvalue weighted by Gasteiger charge is -2.10. The van der Waals surface area contributed by atoms with Crippen LogP contribution in [-0.4, -0.2) is 18.3 Å².